The number of carbonyl (C=O) groups excluding carboxylic acids is 1. The third-order valence-corrected chi connectivity index (χ3v) is 6.16. The molecule has 2 aromatic carbocycles. The molecule has 0 atom stereocenters. The minimum Gasteiger partial charge on any atom is -0.493 e. The maximum atomic E-state index is 12.5. The molecule has 0 fully saturated rings. The lowest BCUT2D eigenvalue weighted by atomic mass is 10.2. The Hall–Kier alpha value is -2.38. The molecule has 2 aromatic rings. The summed E-state index contributed by atoms with van der Waals surface area (Å²) in [6.45, 7) is 4.77. The number of benzene rings is 2. The Morgan fingerprint density at radius 3 is 2.32 bits per heavy atom. The van der Waals surface area contributed by atoms with E-state index in [0.29, 0.717) is 12.2 Å². The van der Waals surface area contributed by atoms with Gasteiger partial charge in [-0.05, 0) is 49.7 Å². The largest absolute Gasteiger partial charge is 0.493 e. The molecule has 6 nitrogen and oxygen atoms in total. The van der Waals surface area contributed by atoms with Gasteiger partial charge in [-0.3, -0.25) is 4.79 Å². The van der Waals surface area contributed by atoms with Crippen LogP contribution in [0.1, 0.15) is 31.7 Å². The van der Waals surface area contributed by atoms with Gasteiger partial charge in [0.1, 0.15) is 5.75 Å². The third-order valence-electron chi connectivity index (χ3n) is 4.29. The number of rotatable bonds is 10. The second kappa shape index (κ2) is 10.2. The van der Waals surface area contributed by atoms with Gasteiger partial charge in [0.2, 0.25) is 15.9 Å². The van der Waals surface area contributed by atoms with Gasteiger partial charge in [-0.15, -0.1) is 0 Å². The fourth-order valence-corrected chi connectivity index (χ4v) is 3.72. The van der Waals surface area contributed by atoms with Crippen molar-refractivity contribution in [3.63, 3.8) is 0 Å². The van der Waals surface area contributed by atoms with Crippen molar-refractivity contribution in [2.24, 2.45) is 0 Å². The number of nitrogens with zero attached hydrogens (tertiary/aromatic N) is 1. The van der Waals surface area contributed by atoms with Crippen molar-refractivity contribution >= 4 is 21.6 Å². The zero-order valence-electron chi connectivity index (χ0n) is 16.6. The second-order valence-electron chi connectivity index (χ2n) is 6.66. The van der Waals surface area contributed by atoms with E-state index in [4.69, 9.17) is 4.74 Å². The first-order valence-corrected chi connectivity index (χ1v) is 10.8. The number of unbranched alkanes of at least 4 members (excludes halogenated alkanes) is 1. The Kier molecular flexibility index (Phi) is 8.02. The van der Waals surface area contributed by atoms with Crippen molar-refractivity contribution in [1.82, 2.24) is 4.31 Å². The van der Waals surface area contributed by atoms with E-state index in [-0.39, 0.29) is 23.8 Å². The van der Waals surface area contributed by atoms with Gasteiger partial charge < -0.3 is 10.1 Å². The molecule has 28 heavy (non-hydrogen) atoms. The van der Waals surface area contributed by atoms with Crippen molar-refractivity contribution in [2.75, 3.05) is 25.5 Å². The topological polar surface area (TPSA) is 75.7 Å². The predicted octanol–water partition coefficient (Wildman–Crippen LogP) is 3.82. The van der Waals surface area contributed by atoms with Crippen LogP contribution >= 0.6 is 0 Å². The Morgan fingerprint density at radius 1 is 1.07 bits per heavy atom. The van der Waals surface area contributed by atoms with E-state index in [1.807, 2.05) is 38.1 Å². The molecule has 0 aromatic heterocycles. The summed E-state index contributed by atoms with van der Waals surface area (Å²) in [6.07, 6.45) is 1.95. The highest BCUT2D eigenvalue weighted by atomic mass is 32.2. The number of sulfonamides is 1. The van der Waals surface area contributed by atoms with E-state index in [1.165, 1.54) is 16.4 Å². The Bertz CT molecular complexity index is 862. The van der Waals surface area contributed by atoms with E-state index in [9.17, 15) is 13.2 Å². The minimum atomic E-state index is -3.50. The van der Waals surface area contributed by atoms with Crippen LogP contribution in [-0.4, -0.2) is 38.8 Å². The highest BCUT2D eigenvalue weighted by Crippen LogP contribution is 2.18. The van der Waals surface area contributed by atoms with Crippen molar-refractivity contribution in [3.05, 3.63) is 54.1 Å². The van der Waals surface area contributed by atoms with E-state index in [0.717, 1.165) is 24.2 Å². The number of hydrogen-bond donors (Lipinski definition) is 1. The lowest BCUT2D eigenvalue weighted by Crippen LogP contribution is -2.27. The summed E-state index contributed by atoms with van der Waals surface area (Å²) < 4.78 is 31.9. The molecule has 152 valence electrons. The van der Waals surface area contributed by atoms with Gasteiger partial charge in [-0.2, -0.15) is 0 Å². The lowest BCUT2D eigenvalue weighted by molar-refractivity contribution is -0.116. The molecule has 0 saturated carbocycles. The molecule has 0 unspecified atom stereocenters. The fourth-order valence-electron chi connectivity index (χ4n) is 2.51. The van der Waals surface area contributed by atoms with Crippen molar-refractivity contribution in [1.29, 1.82) is 0 Å². The maximum Gasteiger partial charge on any atom is 0.242 e. The molecule has 1 amide bonds. The summed E-state index contributed by atoms with van der Waals surface area (Å²) in [7, 11) is -1.93. The summed E-state index contributed by atoms with van der Waals surface area (Å²) in [4.78, 5) is 12.3. The van der Waals surface area contributed by atoms with Crippen molar-refractivity contribution in [3.8, 4) is 5.75 Å². The molecule has 1 N–H and O–H groups in total. The molecule has 0 heterocycles. The van der Waals surface area contributed by atoms with Gasteiger partial charge in [-0.25, -0.2) is 12.7 Å². The van der Waals surface area contributed by atoms with Gasteiger partial charge in [0.05, 0.1) is 17.9 Å². The third kappa shape index (κ3) is 6.35. The number of aryl methyl sites for hydroxylation is 1. The van der Waals surface area contributed by atoms with Gasteiger partial charge in [0, 0.05) is 19.3 Å². The SMILES string of the molecule is CCCCN(C)S(=O)(=O)c1ccc(NC(=O)CCOc2ccc(C)cc2)cc1. The van der Waals surface area contributed by atoms with Gasteiger partial charge >= 0.3 is 0 Å². The highest BCUT2D eigenvalue weighted by molar-refractivity contribution is 7.89. The average Bonchev–Trinajstić information content (AvgIpc) is 2.68. The van der Waals surface area contributed by atoms with Crippen LogP contribution < -0.4 is 10.1 Å². The fraction of sp³-hybridized carbons (Fsp3) is 0.381. The summed E-state index contributed by atoms with van der Waals surface area (Å²) >= 11 is 0. The predicted molar refractivity (Wildman–Crippen MR) is 111 cm³/mol. The summed E-state index contributed by atoms with van der Waals surface area (Å²) in [5.41, 5.74) is 1.70. The number of anilines is 1. The Balaban J connectivity index is 1.85. The summed E-state index contributed by atoms with van der Waals surface area (Å²) in [5.74, 6) is 0.530. The Morgan fingerprint density at radius 2 is 1.71 bits per heavy atom. The molecule has 2 rings (SSSR count). The monoisotopic (exact) mass is 404 g/mol. The van der Waals surface area contributed by atoms with E-state index < -0.39 is 10.0 Å². The molecule has 0 spiro atoms. The first-order chi connectivity index (χ1) is 13.3. The number of hydrogen-bond acceptors (Lipinski definition) is 4. The zero-order chi connectivity index (χ0) is 20.6. The number of nitrogens with one attached hydrogen (secondary N) is 1. The molecule has 0 bridgehead atoms. The van der Waals surface area contributed by atoms with Gasteiger partial charge in [0.25, 0.3) is 0 Å². The first kappa shape index (κ1) is 21.9. The van der Waals surface area contributed by atoms with Crippen LogP contribution in [0.25, 0.3) is 0 Å². The van der Waals surface area contributed by atoms with Crippen LogP contribution in [0, 0.1) is 6.92 Å². The molecule has 0 aliphatic carbocycles. The molecule has 7 heteroatoms. The lowest BCUT2D eigenvalue weighted by Gasteiger charge is -2.17. The molecule has 0 aliphatic rings. The van der Waals surface area contributed by atoms with Crippen LogP contribution in [0.5, 0.6) is 5.75 Å². The second-order valence-corrected chi connectivity index (χ2v) is 8.71. The van der Waals surface area contributed by atoms with Crippen LogP contribution in [0.15, 0.2) is 53.4 Å². The normalized spacial score (nSPS) is 11.4. The van der Waals surface area contributed by atoms with Crippen molar-refractivity contribution < 1.29 is 17.9 Å². The number of carbonyl (C=O) groups is 1. The molecule has 0 saturated heterocycles. The van der Waals surface area contributed by atoms with Gasteiger partial charge in [0.15, 0.2) is 0 Å². The van der Waals surface area contributed by atoms with Crippen LogP contribution in [0.2, 0.25) is 0 Å². The minimum absolute atomic E-state index is 0.192. The standard InChI is InChI=1S/C21H28N2O4S/c1-4-5-15-23(3)28(25,26)20-12-8-18(9-13-20)22-21(24)14-16-27-19-10-6-17(2)7-11-19/h6-13H,4-5,14-16H2,1-3H3,(H,22,24). The summed E-state index contributed by atoms with van der Waals surface area (Å²) in [6, 6.07) is 13.8. The smallest absolute Gasteiger partial charge is 0.242 e. The number of amides is 1. The maximum absolute atomic E-state index is 12.5. The molecular weight excluding hydrogens is 376 g/mol. The average molecular weight is 405 g/mol. The molecule has 0 radical (unpaired) electrons. The van der Waals surface area contributed by atoms with E-state index in [1.54, 1.807) is 19.2 Å². The molecular formula is C21H28N2O4S. The quantitative estimate of drug-likeness (QED) is 0.653. The summed E-state index contributed by atoms with van der Waals surface area (Å²) in [5, 5.41) is 2.75. The van der Waals surface area contributed by atoms with Crippen LogP contribution in [-0.2, 0) is 14.8 Å². The zero-order valence-corrected chi connectivity index (χ0v) is 17.5. The van der Waals surface area contributed by atoms with Crippen LogP contribution in [0.4, 0.5) is 5.69 Å². The molecule has 0 aliphatic heterocycles. The highest BCUT2D eigenvalue weighted by Gasteiger charge is 2.20. The van der Waals surface area contributed by atoms with E-state index in [2.05, 4.69) is 5.32 Å². The van der Waals surface area contributed by atoms with Crippen LogP contribution in [0.3, 0.4) is 0 Å². The first-order valence-electron chi connectivity index (χ1n) is 9.38. The van der Waals surface area contributed by atoms with Crippen molar-refractivity contribution in [2.45, 2.75) is 38.0 Å². The van der Waals surface area contributed by atoms with Gasteiger partial charge in [-0.1, -0.05) is 31.0 Å². The number of ether oxygens (including phenoxy) is 1. The Labute approximate surface area is 167 Å². The van der Waals surface area contributed by atoms with E-state index >= 15 is 0 Å².